The average Bonchev–Trinajstić information content (AvgIpc) is 2.84. The number of hydrogen-bond acceptors (Lipinski definition) is 7. The predicted octanol–water partition coefficient (Wildman–Crippen LogP) is 6.24. The average molecular weight is 580 g/mol. The van der Waals surface area contributed by atoms with Crippen LogP contribution in [0.25, 0.3) is 0 Å². The number of aliphatic carboxylic acids is 2. The van der Waals surface area contributed by atoms with Gasteiger partial charge in [-0.15, -0.1) is 0 Å². The minimum atomic E-state index is -5.08. The molecule has 2 aromatic carbocycles. The molecule has 3 aromatic rings. The van der Waals surface area contributed by atoms with E-state index in [2.05, 4.69) is 44.1 Å². The number of carboxylic acids is 2. The van der Waals surface area contributed by atoms with Crippen molar-refractivity contribution in [3.63, 3.8) is 0 Å². The van der Waals surface area contributed by atoms with Crippen LogP contribution >= 0.6 is 11.6 Å². The monoisotopic (exact) mass is 579 g/mol. The van der Waals surface area contributed by atoms with Crippen molar-refractivity contribution in [2.24, 2.45) is 0 Å². The van der Waals surface area contributed by atoms with Crippen LogP contribution in [0, 0.1) is 0 Å². The van der Waals surface area contributed by atoms with Gasteiger partial charge in [0.25, 0.3) is 0 Å². The maximum Gasteiger partial charge on any atom is 0.490 e. The molecule has 39 heavy (non-hydrogen) atoms. The number of carboxylic acid groups (broad SMARTS) is 2. The summed E-state index contributed by atoms with van der Waals surface area (Å²) in [6.07, 6.45) is -6.51. The molecule has 0 aliphatic carbocycles. The first kappa shape index (κ1) is 31.0. The van der Waals surface area contributed by atoms with Gasteiger partial charge >= 0.3 is 24.3 Å². The second-order valence-corrected chi connectivity index (χ2v) is 7.96. The van der Waals surface area contributed by atoms with Crippen molar-refractivity contribution in [3.05, 3.63) is 65.3 Å². The second kappa shape index (κ2) is 13.5. The summed E-state index contributed by atoms with van der Waals surface area (Å²) in [5, 5.41) is 24.7. The summed E-state index contributed by atoms with van der Waals surface area (Å²) in [4.78, 5) is 26.6. The number of alkyl halides is 6. The van der Waals surface area contributed by atoms with E-state index < -0.39 is 24.3 Å². The minimum Gasteiger partial charge on any atom is -0.475 e. The largest absolute Gasteiger partial charge is 0.490 e. The van der Waals surface area contributed by atoms with Crippen molar-refractivity contribution in [1.29, 1.82) is 0 Å². The van der Waals surface area contributed by atoms with Crippen LogP contribution in [0.3, 0.4) is 0 Å². The summed E-state index contributed by atoms with van der Waals surface area (Å²) in [6.45, 7) is 0.912. The van der Waals surface area contributed by atoms with E-state index in [9.17, 15) is 26.3 Å². The summed E-state index contributed by atoms with van der Waals surface area (Å²) in [6, 6.07) is 16.4. The second-order valence-electron chi connectivity index (χ2n) is 7.56. The zero-order chi connectivity index (χ0) is 29.2. The van der Waals surface area contributed by atoms with Crippen LogP contribution in [0.2, 0.25) is 5.02 Å². The van der Waals surface area contributed by atoms with E-state index in [0.29, 0.717) is 16.8 Å². The van der Waals surface area contributed by atoms with Gasteiger partial charge in [0.15, 0.2) is 5.82 Å². The van der Waals surface area contributed by atoms with Gasteiger partial charge in [0.05, 0.1) is 6.20 Å². The van der Waals surface area contributed by atoms with Crippen LogP contribution in [-0.4, -0.2) is 51.0 Å². The van der Waals surface area contributed by atoms with E-state index in [1.165, 1.54) is 5.56 Å². The molecule has 6 bridgehead atoms. The van der Waals surface area contributed by atoms with Gasteiger partial charge < -0.3 is 26.2 Å². The normalized spacial score (nSPS) is 12.7. The summed E-state index contributed by atoms with van der Waals surface area (Å²) < 4.78 is 63.5. The van der Waals surface area contributed by atoms with Gasteiger partial charge in [-0.05, 0) is 48.7 Å². The van der Waals surface area contributed by atoms with Gasteiger partial charge in [0.2, 0.25) is 5.95 Å². The summed E-state index contributed by atoms with van der Waals surface area (Å²) in [5.41, 5.74) is 4.24. The highest BCUT2D eigenvalue weighted by Gasteiger charge is 2.38. The molecule has 0 radical (unpaired) electrons. The quantitative estimate of drug-likeness (QED) is 0.196. The molecule has 1 aliphatic heterocycles. The van der Waals surface area contributed by atoms with Crippen LogP contribution < -0.4 is 16.0 Å². The van der Waals surface area contributed by atoms with Gasteiger partial charge in [-0.25, -0.2) is 14.6 Å². The standard InChI is InChI=1S/C19H18ClN5.2C2HF3O2/c20-17-12-22-19-24-15-7-1-4-13(10-15)5-3-9-21-14-6-2-8-16(11-14)23-18(17)25-19;2*3-2(4,5)1(6)7/h1-2,4,6-8,10-12,21H,3,5,9H2,(H2,22,23,24,25);2*(H,6,7). The highest BCUT2D eigenvalue weighted by molar-refractivity contribution is 6.32. The third kappa shape index (κ3) is 10.9. The fourth-order valence-corrected chi connectivity index (χ4v) is 2.96. The molecule has 1 aromatic heterocycles. The molecule has 1 aliphatic rings. The Morgan fingerprint density at radius 3 is 1.97 bits per heavy atom. The maximum atomic E-state index is 10.6. The van der Waals surface area contributed by atoms with E-state index in [1.54, 1.807) is 6.20 Å². The number of carbonyl (C=O) groups is 2. The van der Waals surface area contributed by atoms with E-state index >= 15 is 0 Å². The number of benzene rings is 2. The number of aryl methyl sites for hydroxylation is 1. The fraction of sp³-hybridized carbons (Fsp3) is 0.217. The summed E-state index contributed by atoms with van der Waals surface area (Å²) >= 11 is 6.25. The lowest BCUT2D eigenvalue weighted by molar-refractivity contribution is -0.193. The minimum absolute atomic E-state index is 0.474. The molecule has 0 fully saturated rings. The Morgan fingerprint density at radius 2 is 1.38 bits per heavy atom. The number of hydrogen-bond donors (Lipinski definition) is 5. The number of halogens is 7. The van der Waals surface area contributed by atoms with E-state index in [0.717, 1.165) is 36.4 Å². The lowest BCUT2D eigenvalue weighted by Crippen LogP contribution is -2.21. The zero-order valence-electron chi connectivity index (χ0n) is 19.6. The van der Waals surface area contributed by atoms with Gasteiger partial charge in [0, 0.05) is 23.6 Å². The van der Waals surface area contributed by atoms with E-state index in [4.69, 9.17) is 31.4 Å². The van der Waals surface area contributed by atoms with E-state index in [-0.39, 0.29) is 0 Å². The third-order valence-corrected chi connectivity index (χ3v) is 4.79. The first-order valence-corrected chi connectivity index (χ1v) is 11.1. The number of nitrogens with zero attached hydrogens (tertiary/aromatic N) is 2. The molecule has 2 heterocycles. The molecular weight excluding hydrogens is 560 g/mol. The molecule has 0 saturated heterocycles. The fourth-order valence-electron chi connectivity index (χ4n) is 2.82. The smallest absolute Gasteiger partial charge is 0.475 e. The summed E-state index contributed by atoms with van der Waals surface area (Å²) in [5.74, 6) is -4.43. The molecule has 0 unspecified atom stereocenters. The van der Waals surface area contributed by atoms with Crippen molar-refractivity contribution in [3.8, 4) is 0 Å². The first-order chi connectivity index (χ1) is 18.1. The Bertz CT molecular complexity index is 1270. The topological polar surface area (TPSA) is 136 Å². The third-order valence-electron chi connectivity index (χ3n) is 4.51. The number of nitrogens with one attached hydrogen (secondary N) is 3. The number of anilines is 5. The van der Waals surface area contributed by atoms with Gasteiger partial charge in [-0.2, -0.15) is 31.3 Å². The Morgan fingerprint density at radius 1 is 0.846 bits per heavy atom. The lowest BCUT2D eigenvalue weighted by Gasteiger charge is -2.11. The molecule has 4 rings (SSSR count). The van der Waals surface area contributed by atoms with Crippen molar-refractivity contribution in [2.45, 2.75) is 25.2 Å². The molecule has 5 N–H and O–H groups in total. The number of fused-ring (bicyclic) bond motifs is 6. The molecule has 9 nitrogen and oxygen atoms in total. The molecule has 210 valence electrons. The van der Waals surface area contributed by atoms with Crippen LogP contribution in [0.15, 0.2) is 54.7 Å². The number of rotatable bonds is 0. The Labute approximate surface area is 221 Å². The SMILES string of the molecule is Clc1cnc2nc1Nc1cccc(c1)NCCCc1cccc(c1)N2.O=C(O)C(F)(F)F.O=C(O)C(F)(F)F. The van der Waals surface area contributed by atoms with Crippen LogP contribution in [0.4, 0.5) is 55.2 Å². The maximum absolute atomic E-state index is 10.6. The highest BCUT2D eigenvalue weighted by Crippen LogP contribution is 2.27. The molecule has 0 spiro atoms. The first-order valence-electron chi connectivity index (χ1n) is 10.7. The van der Waals surface area contributed by atoms with Crippen molar-refractivity contribution in [2.75, 3.05) is 22.5 Å². The molecular formula is C23H20ClF6N5O4. The van der Waals surface area contributed by atoms with Gasteiger partial charge in [-0.3, -0.25) is 0 Å². The van der Waals surface area contributed by atoms with Gasteiger partial charge in [0.1, 0.15) is 5.02 Å². The van der Waals surface area contributed by atoms with Gasteiger partial charge in [-0.1, -0.05) is 29.8 Å². The highest BCUT2D eigenvalue weighted by atomic mass is 35.5. The molecule has 16 heteroatoms. The Balaban J connectivity index is 0.000000317. The molecule has 0 atom stereocenters. The van der Waals surface area contributed by atoms with Crippen molar-refractivity contribution in [1.82, 2.24) is 9.97 Å². The Kier molecular flexibility index (Phi) is 10.7. The van der Waals surface area contributed by atoms with Crippen molar-refractivity contribution < 1.29 is 46.1 Å². The Hall–Kier alpha value is -4.27. The van der Waals surface area contributed by atoms with Crippen LogP contribution in [0.1, 0.15) is 12.0 Å². The van der Waals surface area contributed by atoms with Crippen LogP contribution in [0.5, 0.6) is 0 Å². The number of aromatic nitrogens is 2. The molecule has 0 saturated carbocycles. The van der Waals surface area contributed by atoms with E-state index in [1.807, 2.05) is 30.3 Å². The molecule has 0 amide bonds. The summed E-state index contributed by atoms with van der Waals surface area (Å²) in [7, 11) is 0. The zero-order valence-corrected chi connectivity index (χ0v) is 20.3. The lowest BCUT2D eigenvalue weighted by atomic mass is 10.1. The predicted molar refractivity (Wildman–Crippen MR) is 131 cm³/mol. The van der Waals surface area contributed by atoms with Crippen LogP contribution in [-0.2, 0) is 16.0 Å². The van der Waals surface area contributed by atoms with Crippen molar-refractivity contribution >= 4 is 52.4 Å².